The number of aliphatic carboxylic acids is 1. The van der Waals surface area contributed by atoms with Crippen LogP contribution in [0.2, 0.25) is 0 Å². The second-order valence-corrected chi connectivity index (χ2v) is 6.67. The van der Waals surface area contributed by atoms with Crippen LogP contribution in [-0.2, 0) is 4.79 Å². The molecule has 0 spiro atoms. The van der Waals surface area contributed by atoms with E-state index < -0.39 is 5.97 Å². The third kappa shape index (κ3) is 3.71. The quantitative estimate of drug-likeness (QED) is 0.814. The van der Waals surface area contributed by atoms with Gasteiger partial charge < -0.3 is 10.4 Å². The number of carboxylic acids is 1. The molecule has 1 saturated carbocycles. The predicted octanol–water partition coefficient (Wildman–Crippen LogP) is 1.81. The lowest BCUT2D eigenvalue weighted by atomic mass is 10.2. The van der Waals surface area contributed by atoms with E-state index in [1.807, 2.05) is 0 Å². The molecular formula is C15H18N2O3S. The molecule has 2 fully saturated rings. The van der Waals surface area contributed by atoms with Crippen LogP contribution in [0.4, 0.5) is 0 Å². The van der Waals surface area contributed by atoms with Gasteiger partial charge in [-0.2, -0.15) is 0 Å². The second kappa shape index (κ2) is 5.99. The Bertz CT molecular complexity index is 577. The molecule has 1 aromatic rings. The van der Waals surface area contributed by atoms with Crippen LogP contribution in [0.3, 0.4) is 0 Å². The molecule has 1 aliphatic carbocycles. The minimum Gasteiger partial charge on any atom is -0.478 e. The standard InChI is InChI=1S/C15H18N2O3S/c18-14(19)6-4-12-3-5-13(21-12)15(20)16-10-7-8-17(9-10)11-1-2-11/h3-6,10-11H,1-2,7-9H2,(H,16,20)(H,18,19). The number of rotatable bonds is 5. The average molecular weight is 306 g/mol. The van der Waals surface area contributed by atoms with Crippen LogP contribution in [0, 0.1) is 0 Å². The Labute approximate surface area is 127 Å². The van der Waals surface area contributed by atoms with E-state index in [2.05, 4.69) is 10.2 Å². The Hall–Kier alpha value is -1.66. The number of likely N-dealkylation sites (tertiary alicyclic amines) is 1. The Morgan fingerprint density at radius 2 is 2.14 bits per heavy atom. The van der Waals surface area contributed by atoms with Gasteiger partial charge in [0, 0.05) is 36.1 Å². The lowest BCUT2D eigenvalue weighted by molar-refractivity contribution is -0.131. The second-order valence-electron chi connectivity index (χ2n) is 5.56. The molecule has 0 aromatic carbocycles. The Kier molecular flexibility index (Phi) is 4.07. The van der Waals surface area contributed by atoms with E-state index >= 15 is 0 Å². The van der Waals surface area contributed by atoms with Gasteiger partial charge in [0.2, 0.25) is 0 Å². The van der Waals surface area contributed by atoms with Crippen molar-refractivity contribution < 1.29 is 14.7 Å². The van der Waals surface area contributed by atoms with Gasteiger partial charge in [-0.3, -0.25) is 9.69 Å². The number of nitrogens with one attached hydrogen (secondary N) is 1. The number of carboxylic acid groups (broad SMARTS) is 1. The molecule has 1 saturated heterocycles. The molecule has 1 atom stereocenters. The van der Waals surface area contributed by atoms with Gasteiger partial charge in [0.1, 0.15) is 0 Å². The summed E-state index contributed by atoms with van der Waals surface area (Å²) in [5, 5.41) is 11.7. The number of hydrogen-bond acceptors (Lipinski definition) is 4. The fraction of sp³-hybridized carbons (Fsp3) is 0.467. The maximum atomic E-state index is 12.2. The molecule has 3 rings (SSSR count). The zero-order valence-electron chi connectivity index (χ0n) is 11.6. The fourth-order valence-electron chi connectivity index (χ4n) is 2.65. The maximum absolute atomic E-state index is 12.2. The van der Waals surface area contributed by atoms with E-state index in [0.29, 0.717) is 4.88 Å². The number of amides is 1. The van der Waals surface area contributed by atoms with Crippen molar-refractivity contribution in [2.24, 2.45) is 0 Å². The highest BCUT2D eigenvalue weighted by molar-refractivity contribution is 7.14. The Morgan fingerprint density at radius 3 is 2.86 bits per heavy atom. The first kappa shape index (κ1) is 14.3. The molecule has 2 heterocycles. The highest BCUT2D eigenvalue weighted by Gasteiger charge is 2.34. The number of hydrogen-bond donors (Lipinski definition) is 2. The van der Waals surface area contributed by atoms with E-state index in [1.54, 1.807) is 12.1 Å². The summed E-state index contributed by atoms with van der Waals surface area (Å²) in [7, 11) is 0. The largest absolute Gasteiger partial charge is 0.478 e. The summed E-state index contributed by atoms with van der Waals surface area (Å²) < 4.78 is 0. The van der Waals surface area contributed by atoms with Crippen LogP contribution in [-0.4, -0.2) is 47.1 Å². The molecule has 1 unspecified atom stereocenters. The van der Waals surface area contributed by atoms with Crippen molar-refractivity contribution in [2.75, 3.05) is 13.1 Å². The van der Waals surface area contributed by atoms with Crippen LogP contribution in [0.15, 0.2) is 18.2 Å². The van der Waals surface area contributed by atoms with Gasteiger partial charge in [0.05, 0.1) is 4.88 Å². The van der Waals surface area contributed by atoms with Crippen LogP contribution in [0.25, 0.3) is 6.08 Å². The van der Waals surface area contributed by atoms with Crippen LogP contribution < -0.4 is 5.32 Å². The van der Waals surface area contributed by atoms with E-state index in [0.717, 1.165) is 36.5 Å². The van der Waals surface area contributed by atoms with Gasteiger partial charge in [-0.15, -0.1) is 11.3 Å². The summed E-state index contributed by atoms with van der Waals surface area (Å²) in [6.07, 6.45) is 6.20. The van der Waals surface area contributed by atoms with Crippen molar-refractivity contribution in [3.63, 3.8) is 0 Å². The summed E-state index contributed by atoms with van der Waals surface area (Å²) in [6, 6.07) is 4.50. The zero-order valence-corrected chi connectivity index (χ0v) is 12.4. The number of thiophene rings is 1. The number of carbonyl (C=O) groups is 2. The van der Waals surface area contributed by atoms with Gasteiger partial charge in [0.25, 0.3) is 5.91 Å². The lowest BCUT2D eigenvalue weighted by Gasteiger charge is -2.15. The van der Waals surface area contributed by atoms with Gasteiger partial charge in [-0.05, 0) is 37.5 Å². The van der Waals surface area contributed by atoms with E-state index in [1.165, 1.54) is 30.3 Å². The normalized spacial score (nSPS) is 22.8. The van der Waals surface area contributed by atoms with Crippen LogP contribution >= 0.6 is 11.3 Å². The van der Waals surface area contributed by atoms with Gasteiger partial charge in [-0.25, -0.2) is 4.79 Å². The predicted molar refractivity (Wildman–Crippen MR) is 81.5 cm³/mol. The van der Waals surface area contributed by atoms with E-state index in [4.69, 9.17) is 5.11 Å². The van der Waals surface area contributed by atoms with Gasteiger partial charge in [-0.1, -0.05) is 0 Å². The van der Waals surface area contributed by atoms with Gasteiger partial charge in [0.15, 0.2) is 0 Å². The lowest BCUT2D eigenvalue weighted by Crippen LogP contribution is -2.37. The first-order valence-electron chi connectivity index (χ1n) is 7.17. The molecule has 6 heteroatoms. The SMILES string of the molecule is O=C(O)C=Cc1ccc(C(=O)NC2CCN(C3CC3)C2)s1. The molecule has 2 N–H and O–H groups in total. The fourth-order valence-corrected chi connectivity index (χ4v) is 3.46. The van der Waals surface area contributed by atoms with Crippen molar-refractivity contribution in [2.45, 2.75) is 31.3 Å². The van der Waals surface area contributed by atoms with Crippen molar-refractivity contribution in [3.05, 3.63) is 28.0 Å². The number of carbonyl (C=O) groups excluding carboxylic acids is 1. The molecule has 5 nitrogen and oxygen atoms in total. The molecule has 2 aliphatic rings. The highest BCUT2D eigenvalue weighted by Crippen LogP contribution is 2.30. The van der Waals surface area contributed by atoms with Gasteiger partial charge >= 0.3 is 5.97 Å². The van der Waals surface area contributed by atoms with Crippen LogP contribution in [0.5, 0.6) is 0 Å². The van der Waals surface area contributed by atoms with Crippen molar-refractivity contribution in [1.29, 1.82) is 0 Å². The van der Waals surface area contributed by atoms with E-state index in [-0.39, 0.29) is 11.9 Å². The molecular weight excluding hydrogens is 288 g/mol. The molecule has 21 heavy (non-hydrogen) atoms. The van der Waals surface area contributed by atoms with Crippen molar-refractivity contribution in [3.8, 4) is 0 Å². The molecule has 0 radical (unpaired) electrons. The molecule has 1 aliphatic heterocycles. The van der Waals surface area contributed by atoms with Crippen molar-refractivity contribution in [1.82, 2.24) is 10.2 Å². The third-order valence-electron chi connectivity index (χ3n) is 3.86. The summed E-state index contributed by atoms with van der Waals surface area (Å²) in [4.78, 5) is 26.5. The summed E-state index contributed by atoms with van der Waals surface area (Å²) in [5.74, 6) is -1.04. The van der Waals surface area contributed by atoms with Crippen LogP contribution in [0.1, 0.15) is 33.8 Å². The summed E-state index contributed by atoms with van der Waals surface area (Å²) >= 11 is 1.31. The average Bonchev–Trinajstić information content (AvgIpc) is 3.01. The summed E-state index contributed by atoms with van der Waals surface area (Å²) in [6.45, 7) is 2.03. The first-order chi connectivity index (χ1) is 10.1. The Morgan fingerprint density at radius 1 is 1.33 bits per heavy atom. The molecule has 0 bridgehead atoms. The smallest absolute Gasteiger partial charge is 0.328 e. The van der Waals surface area contributed by atoms with Crippen molar-refractivity contribution >= 4 is 29.3 Å². The third-order valence-corrected chi connectivity index (χ3v) is 4.91. The number of nitrogens with zero attached hydrogens (tertiary/aromatic N) is 1. The first-order valence-corrected chi connectivity index (χ1v) is 7.99. The maximum Gasteiger partial charge on any atom is 0.328 e. The zero-order chi connectivity index (χ0) is 14.8. The molecule has 1 aromatic heterocycles. The monoisotopic (exact) mass is 306 g/mol. The minimum atomic E-state index is -0.986. The minimum absolute atomic E-state index is 0.0578. The summed E-state index contributed by atoms with van der Waals surface area (Å²) in [5.41, 5.74) is 0. The topological polar surface area (TPSA) is 69.6 Å². The highest BCUT2D eigenvalue weighted by atomic mass is 32.1. The molecule has 112 valence electrons. The Balaban J connectivity index is 1.54. The van der Waals surface area contributed by atoms with E-state index in [9.17, 15) is 9.59 Å². The molecule has 1 amide bonds.